The summed E-state index contributed by atoms with van der Waals surface area (Å²) in [5.74, 6) is 0.0453. The molecular weight excluding hydrogens is 550 g/mol. The number of nitrogens with zero attached hydrogens (tertiary/aromatic N) is 2. The number of carbonyl (C=O) groups is 1. The van der Waals surface area contributed by atoms with E-state index in [0.29, 0.717) is 33.8 Å². The average Bonchev–Trinajstić information content (AvgIpc) is 3.19. The van der Waals surface area contributed by atoms with Crippen LogP contribution in [0.2, 0.25) is 0 Å². The first-order valence-electron chi connectivity index (χ1n) is 11.6. The number of hydrogen-bond donors (Lipinski definition) is 1. The Morgan fingerprint density at radius 3 is 2.54 bits per heavy atom. The number of hydrogen-bond acceptors (Lipinski definition) is 5. The number of benzene rings is 3. The minimum atomic E-state index is -0.583. The Morgan fingerprint density at radius 1 is 1.11 bits per heavy atom. The van der Waals surface area contributed by atoms with Crippen LogP contribution in [0.5, 0.6) is 5.75 Å². The predicted octanol–water partition coefficient (Wildman–Crippen LogP) is 4.82. The molecule has 0 radical (unpaired) electrons. The van der Waals surface area contributed by atoms with Crippen molar-refractivity contribution in [1.29, 1.82) is 5.26 Å². The average molecular weight is 575 g/mol. The fourth-order valence-corrected chi connectivity index (χ4v) is 5.20. The summed E-state index contributed by atoms with van der Waals surface area (Å²) in [6, 6.07) is 22.1. The number of amides is 1. The van der Waals surface area contributed by atoms with Crippen LogP contribution in [0.4, 0.5) is 5.69 Å². The van der Waals surface area contributed by atoms with Crippen molar-refractivity contribution in [2.75, 3.05) is 11.9 Å². The molecule has 0 bridgehead atoms. The molecule has 0 fully saturated rings. The monoisotopic (exact) mass is 573 g/mol. The van der Waals surface area contributed by atoms with Crippen molar-refractivity contribution in [3.05, 3.63) is 107 Å². The Hall–Kier alpha value is -3.93. The van der Waals surface area contributed by atoms with Crippen molar-refractivity contribution in [3.8, 4) is 17.5 Å². The Bertz CT molecular complexity index is 1700. The van der Waals surface area contributed by atoms with E-state index in [-0.39, 0.29) is 15.8 Å². The molecule has 0 aliphatic rings. The predicted molar refractivity (Wildman–Crippen MR) is 152 cm³/mol. The highest BCUT2D eigenvalue weighted by atomic mass is 79.9. The van der Waals surface area contributed by atoms with E-state index in [9.17, 15) is 14.9 Å². The fraction of sp³-hybridized carbons (Fsp3) is 0.138. The normalized spacial score (nSPS) is 12.1. The van der Waals surface area contributed by atoms with Gasteiger partial charge in [0.05, 0.1) is 16.8 Å². The van der Waals surface area contributed by atoms with E-state index in [0.717, 1.165) is 26.9 Å². The number of carbonyl (C=O) groups excluding carboxylic acids is 1. The Labute approximate surface area is 226 Å². The summed E-state index contributed by atoms with van der Waals surface area (Å²) in [5, 5.41) is 12.9. The van der Waals surface area contributed by atoms with E-state index in [2.05, 4.69) is 21.2 Å². The first-order chi connectivity index (χ1) is 17.8. The topological polar surface area (TPSA) is 84.1 Å². The smallest absolute Gasteiger partial charge is 0.273 e. The number of halogens is 1. The molecule has 3 aromatic carbocycles. The van der Waals surface area contributed by atoms with Gasteiger partial charge in [0, 0.05) is 15.7 Å². The van der Waals surface area contributed by atoms with Crippen LogP contribution in [0, 0.1) is 25.2 Å². The van der Waals surface area contributed by atoms with E-state index in [1.807, 2.05) is 63.2 Å². The second-order valence-corrected chi connectivity index (χ2v) is 10.2. The molecule has 4 rings (SSSR count). The van der Waals surface area contributed by atoms with E-state index >= 15 is 0 Å². The Kier molecular flexibility index (Phi) is 8.07. The summed E-state index contributed by atoms with van der Waals surface area (Å²) in [6.45, 7) is 6.29. The summed E-state index contributed by atoms with van der Waals surface area (Å²) in [4.78, 5) is 26.9. The van der Waals surface area contributed by atoms with Crippen LogP contribution < -0.4 is 24.8 Å². The van der Waals surface area contributed by atoms with Gasteiger partial charge in [0.25, 0.3) is 11.5 Å². The summed E-state index contributed by atoms with van der Waals surface area (Å²) < 4.78 is 8.60. The van der Waals surface area contributed by atoms with Crippen molar-refractivity contribution >= 4 is 50.5 Å². The molecule has 1 aromatic heterocycles. The van der Waals surface area contributed by atoms with E-state index in [1.165, 1.54) is 4.57 Å². The lowest BCUT2D eigenvalue weighted by atomic mass is 10.1. The van der Waals surface area contributed by atoms with Gasteiger partial charge in [0.2, 0.25) is 0 Å². The SMILES string of the molecule is CCOc1ccc(Br)cc1C=c1sc(=C(C#N)C(=O)Nc2ccc(C)c(C)c2)n(-c2ccccc2)c1=O. The minimum Gasteiger partial charge on any atom is -0.493 e. The zero-order chi connectivity index (χ0) is 26.5. The van der Waals surface area contributed by atoms with Gasteiger partial charge in [-0.1, -0.05) is 40.2 Å². The lowest BCUT2D eigenvalue weighted by Gasteiger charge is -2.07. The Morgan fingerprint density at radius 2 is 1.86 bits per heavy atom. The van der Waals surface area contributed by atoms with E-state index in [1.54, 1.807) is 36.4 Å². The maximum Gasteiger partial charge on any atom is 0.273 e. The van der Waals surface area contributed by atoms with Gasteiger partial charge >= 0.3 is 0 Å². The number of anilines is 1. The van der Waals surface area contributed by atoms with Crippen molar-refractivity contribution in [1.82, 2.24) is 4.57 Å². The van der Waals surface area contributed by atoms with Gasteiger partial charge in [0.1, 0.15) is 16.5 Å². The van der Waals surface area contributed by atoms with Gasteiger partial charge in [-0.05, 0) is 80.4 Å². The third kappa shape index (κ3) is 5.74. The molecule has 1 amide bonds. The third-order valence-electron chi connectivity index (χ3n) is 5.71. The van der Waals surface area contributed by atoms with Gasteiger partial charge in [0.15, 0.2) is 5.57 Å². The van der Waals surface area contributed by atoms with Crippen LogP contribution in [0.1, 0.15) is 23.6 Å². The molecule has 0 unspecified atom stereocenters. The van der Waals surface area contributed by atoms with Gasteiger partial charge < -0.3 is 10.1 Å². The molecule has 37 heavy (non-hydrogen) atoms. The Balaban J connectivity index is 1.96. The number of nitrogens with one attached hydrogen (secondary N) is 1. The molecule has 0 aliphatic heterocycles. The summed E-state index contributed by atoms with van der Waals surface area (Å²) >= 11 is 4.56. The number of aromatic nitrogens is 1. The largest absolute Gasteiger partial charge is 0.493 e. The number of ether oxygens (including phenoxy) is 1. The molecular formula is C29H24BrN3O3S. The maximum absolute atomic E-state index is 13.7. The summed E-state index contributed by atoms with van der Waals surface area (Å²) in [7, 11) is 0. The zero-order valence-corrected chi connectivity index (χ0v) is 22.9. The third-order valence-corrected chi connectivity index (χ3v) is 7.30. The quantitative estimate of drug-likeness (QED) is 0.358. The van der Waals surface area contributed by atoms with Gasteiger partial charge in [-0.3, -0.25) is 14.2 Å². The van der Waals surface area contributed by atoms with Crippen molar-refractivity contribution in [2.45, 2.75) is 20.8 Å². The molecule has 6 nitrogen and oxygen atoms in total. The molecule has 0 spiro atoms. The molecule has 0 aliphatic carbocycles. The molecule has 8 heteroatoms. The second-order valence-electron chi connectivity index (χ2n) is 8.25. The summed E-state index contributed by atoms with van der Waals surface area (Å²) in [5.41, 5.74) is 3.48. The number of nitriles is 1. The second kappa shape index (κ2) is 11.4. The van der Waals surface area contributed by atoms with Gasteiger partial charge in [-0.25, -0.2) is 0 Å². The van der Waals surface area contributed by atoms with Crippen molar-refractivity contribution < 1.29 is 9.53 Å². The van der Waals surface area contributed by atoms with Gasteiger partial charge in [-0.15, -0.1) is 11.3 Å². The minimum absolute atomic E-state index is 0.150. The highest BCUT2D eigenvalue weighted by Gasteiger charge is 2.18. The number of para-hydroxylation sites is 1. The van der Waals surface area contributed by atoms with Crippen LogP contribution in [0.3, 0.4) is 0 Å². The standard InChI is InChI=1S/C29H24BrN3O3S/c1-4-36-25-13-11-21(30)15-20(25)16-26-28(35)33(23-8-6-5-7-9-23)29(37-26)24(17-31)27(34)32-22-12-10-18(2)19(3)14-22/h5-16H,4H2,1-3H3,(H,32,34). The van der Waals surface area contributed by atoms with Crippen LogP contribution >= 0.6 is 27.3 Å². The number of rotatable bonds is 6. The molecule has 4 aromatic rings. The molecule has 186 valence electrons. The highest BCUT2D eigenvalue weighted by Crippen LogP contribution is 2.24. The van der Waals surface area contributed by atoms with Gasteiger partial charge in [-0.2, -0.15) is 5.26 Å². The van der Waals surface area contributed by atoms with E-state index in [4.69, 9.17) is 4.74 Å². The number of aryl methyl sites for hydroxylation is 2. The van der Waals surface area contributed by atoms with Crippen LogP contribution in [-0.4, -0.2) is 17.1 Å². The first kappa shape index (κ1) is 26.1. The zero-order valence-electron chi connectivity index (χ0n) is 20.5. The lowest BCUT2D eigenvalue weighted by Crippen LogP contribution is -2.32. The highest BCUT2D eigenvalue weighted by molar-refractivity contribution is 9.10. The fourth-order valence-electron chi connectivity index (χ4n) is 3.73. The lowest BCUT2D eigenvalue weighted by molar-refractivity contribution is -0.111. The molecule has 1 heterocycles. The van der Waals surface area contributed by atoms with Crippen molar-refractivity contribution in [2.24, 2.45) is 0 Å². The van der Waals surface area contributed by atoms with Crippen LogP contribution in [0.15, 0.2) is 76.0 Å². The molecule has 0 saturated heterocycles. The van der Waals surface area contributed by atoms with Crippen LogP contribution in [0.25, 0.3) is 17.3 Å². The van der Waals surface area contributed by atoms with E-state index < -0.39 is 5.91 Å². The van der Waals surface area contributed by atoms with Crippen molar-refractivity contribution in [3.63, 3.8) is 0 Å². The molecule has 0 atom stereocenters. The first-order valence-corrected chi connectivity index (χ1v) is 13.2. The summed E-state index contributed by atoms with van der Waals surface area (Å²) in [6.07, 6.45) is 1.72. The maximum atomic E-state index is 13.7. The molecule has 0 saturated carbocycles. The molecule has 1 N–H and O–H groups in total. The number of thiazole rings is 1. The van der Waals surface area contributed by atoms with Crippen LogP contribution in [-0.2, 0) is 4.79 Å².